The van der Waals surface area contributed by atoms with Gasteiger partial charge in [0.15, 0.2) is 0 Å². The van der Waals surface area contributed by atoms with Crippen molar-refractivity contribution < 1.29 is 0 Å². The summed E-state index contributed by atoms with van der Waals surface area (Å²) in [5.41, 5.74) is 9.52. The maximum Gasteiger partial charge on any atom is 0.0143 e. The van der Waals surface area contributed by atoms with Gasteiger partial charge in [-0.15, -0.1) is 0 Å². The van der Waals surface area contributed by atoms with E-state index in [9.17, 15) is 0 Å². The number of rotatable bonds is 5. The first-order chi connectivity index (χ1) is 9.38. The van der Waals surface area contributed by atoms with Crippen molar-refractivity contribution >= 4 is 0 Å². The summed E-state index contributed by atoms with van der Waals surface area (Å²) in [7, 11) is 0. The van der Waals surface area contributed by atoms with Crippen molar-refractivity contribution in [2.45, 2.75) is 18.4 Å². The minimum absolute atomic E-state index is 0.631. The van der Waals surface area contributed by atoms with Gasteiger partial charge < -0.3 is 11.1 Å². The molecule has 2 atom stereocenters. The van der Waals surface area contributed by atoms with Gasteiger partial charge in [0.1, 0.15) is 0 Å². The quantitative estimate of drug-likeness (QED) is 0.858. The Balaban J connectivity index is 1.67. The second kappa shape index (κ2) is 5.55. The van der Waals surface area contributed by atoms with Crippen molar-refractivity contribution in [1.82, 2.24) is 5.32 Å². The Kier molecular flexibility index (Phi) is 3.62. The summed E-state index contributed by atoms with van der Waals surface area (Å²) in [5.74, 6) is 0.677. The summed E-state index contributed by atoms with van der Waals surface area (Å²) in [5, 5.41) is 3.48. The highest BCUT2D eigenvalue weighted by Crippen LogP contribution is 2.41. The smallest absolute Gasteiger partial charge is 0.0143 e. The predicted octanol–water partition coefficient (Wildman–Crippen LogP) is 2.76. The summed E-state index contributed by atoms with van der Waals surface area (Å²) in [6.07, 6.45) is 1.24. The molecule has 0 spiro atoms. The summed E-state index contributed by atoms with van der Waals surface area (Å²) in [4.78, 5) is 0. The standard InChI is InChI=1S/C17H20N2/c18-10-11-19-17-12-16(17)15-8-6-14(7-9-15)13-4-2-1-3-5-13/h1-9,16-17,19H,10-12,18H2. The van der Waals surface area contributed by atoms with E-state index in [2.05, 4.69) is 59.9 Å². The summed E-state index contributed by atoms with van der Waals surface area (Å²) >= 11 is 0. The Morgan fingerprint density at radius 3 is 2.32 bits per heavy atom. The molecule has 0 radical (unpaired) electrons. The molecule has 0 bridgehead atoms. The maximum absolute atomic E-state index is 5.51. The lowest BCUT2D eigenvalue weighted by Crippen LogP contribution is -2.25. The van der Waals surface area contributed by atoms with Gasteiger partial charge in [-0.05, 0) is 23.1 Å². The Morgan fingerprint density at radius 2 is 1.63 bits per heavy atom. The topological polar surface area (TPSA) is 38.0 Å². The van der Waals surface area contributed by atoms with Crippen molar-refractivity contribution in [2.24, 2.45) is 5.73 Å². The van der Waals surface area contributed by atoms with Gasteiger partial charge in [-0.3, -0.25) is 0 Å². The van der Waals surface area contributed by atoms with Crippen LogP contribution in [-0.2, 0) is 0 Å². The molecular formula is C17H20N2. The average molecular weight is 252 g/mol. The summed E-state index contributed by atoms with van der Waals surface area (Å²) in [6, 6.07) is 20.1. The zero-order valence-electron chi connectivity index (χ0n) is 11.0. The Hall–Kier alpha value is -1.64. The molecule has 2 unspecified atom stereocenters. The first-order valence-electron chi connectivity index (χ1n) is 6.97. The van der Waals surface area contributed by atoms with Gasteiger partial charge in [0.25, 0.3) is 0 Å². The molecule has 0 saturated heterocycles. The summed E-state index contributed by atoms with van der Waals surface area (Å²) in [6.45, 7) is 1.64. The van der Waals surface area contributed by atoms with E-state index in [1.54, 1.807) is 0 Å². The molecule has 2 aromatic carbocycles. The molecule has 98 valence electrons. The van der Waals surface area contributed by atoms with E-state index in [1.807, 2.05) is 0 Å². The van der Waals surface area contributed by atoms with Gasteiger partial charge in [-0.2, -0.15) is 0 Å². The zero-order valence-corrected chi connectivity index (χ0v) is 11.0. The second-order valence-corrected chi connectivity index (χ2v) is 5.18. The normalized spacial score (nSPS) is 21.3. The molecule has 2 aromatic rings. The van der Waals surface area contributed by atoms with E-state index < -0.39 is 0 Å². The van der Waals surface area contributed by atoms with Crippen LogP contribution in [0.4, 0.5) is 0 Å². The second-order valence-electron chi connectivity index (χ2n) is 5.18. The first-order valence-corrected chi connectivity index (χ1v) is 6.97. The fraction of sp³-hybridized carbons (Fsp3) is 0.294. The van der Waals surface area contributed by atoms with Crippen molar-refractivity contribution in [2.75, 3.05) is 13.1 Å². The lowest BCUT2D eigenvalue weighted by Gasteiger charge is -2.05. The van der Waals surface area contributed by atoms with E-state index in [0.29, 0.717) is 12.0 Å². The van der Waals surface area contributed by atoms with E-state index in [1.165, 1.54) is 23.1 Å². The van der Waals surface area contributed by atoms with Gasteiger partial charge >= 0.3 is 0 Å². The van der Waals surface area contributed by atoms with Crippen molar-refractivity contribution in [3.05, 3.63) is 60.2 Å². The van der Waals surface area contributed by atoms with Crippen LogP contribution >= 0.6 is 0 Å². The lowest BCUT2D eigenvalue weighted by atomic mass is 10.0. The van der Waals surface area contributed by atoms with Crippen molar-refractivity contribution in [1.29, 1.82) is 0 Å². The molecule has 1 saturated carbocycles. The molecule has 0 amide bonds. The van der Waals surface area contributed by atoms with Gasteiger partial charge in [-0.1, -0.05) is 54.6 Å². The molecule has 19 heavy (non-hydrogen) atoms. The average Bonchev–Trinajstić information content (AvgIpc) is 3.26. The molecule has 3 rings (SSSR count). The maximum atomic E-state index is 5.51. The fourth-order valence-electron chi connectivity index (χ4n) is 2.61. The molecular weight excluding hydrogens is 232 g/mol. The van der Waals surface area contributed by atoms with Crippen LogP contribution in [-0.4, -0.2) is 19.1 Å². The molecule has 0 aliphatic heterocycles. The van der Waals surface area contributed by atoms with Crippen LogP contribution in [0.3, 0.4) is 0 Å². The number of hydrogen-bond acceptors (Lipinski definition) is 2. The van der Waals surface area contributed by atoms with Crippen LogP contribution in [0.5, 0.6) is 0 Å². The van der Waals surface area contributed by atoms with Crippen molar-refractivity contribution in [3.63, 3.8) is 0 Å². The Labute approximate surface area is 114 Å². The minimum Gasteiger partial charge on any atom is -0.329 e. The highest BCUT2D eigenvalue weighted by Gasteiger charge is 2.37. The third-order valence-corrected chi connectivity index (χ3v) is 3.79. The van der Waals surface area contributed by atoms with Crippen LogP contribution in [0.25, 0.3) is 11.1 Å². The van der Waals surface area contributed by atoms with Crippen LogP contribution in [0, 0.1) is 0 Å². The Bertz CT molecular complexity index is 519. The fourth-order valence-corrected chi connectivity index (χ4v) is 2.61. The molecule has 2 nitrogen and oxygen atoms in total. The van der Waals surface area contributed by atoms with E-state index >= 15 is 0 Å². The van der Waals surface area contributed by atoms with Gasteiger partial charge in [-0.25, -0.2) is 0 Å². The largest absolute Gasteiger partial charge is 0.329 e. The van der Waals surface area contributed by atoms with E-state index in [0.717, 1.165) is 13.1 Å². The number of nitrogens with one attached hydrogen (secondary N) is 1. The molecule has 0 heterocycles. The SMILES string of the molecule is NCCNC1CC1c1ccc(-c2ccccc2)cc1. The van der Waals surface area contributed by atoms with Gasteiger partial charge in [0.2, 0.25) is 0 Å². The van der Waals surface area contributed by atoms with Gasteiger partial charge in [0.05, 0.1) is 0 Å². The molecule has 0 aromatic heterocycles. The zero-order chi connectivity index (χ0) is 13.1. The number of nitrogens with two attached hydrogens (primary N) is 1. The summed E-state index contributed by atoms with van der Waals surface area (Å²) < 4.78 is 0. The predicted molar refractivity (Wildman–Crippen MR) is 80.1 cm³/mol. The van der Waals surface area contributed by atoms with Crippen molar-refractivity contribution in [3.8, 4) is 11.1 Å². The highest BCUT2D eigenvalue weighted by atomic mass is 15.0. The highest BCUT2D eigenvalue weighted by molar-refractivity contribution is 5.63. The first kappa shape index (κ1) is 12.4. The monoisotopic (exact) mass is 252 g/mol. The molecule has 1 aliphatic rings. The van der Waals surface area contributed by atoms with E-state index in [4.69, 9.17) is 5.73 Å². The third kappa shape index (κ3) is 2.86. The molecule has 2 heteroatoms. The number of hydrogen-bond donors (Lipinski definition) is 2. The Morgan fingerprint density at radius 1 is 0.947 bits per heavy atom. The molecule has 1 fully saturated rings. The molecule has 3 N–H and O–H groups in total. The molecule has 1 aliphatic carbocycles. The van der Waals surface area contributed by atoms with Crippen LogP contribution in [0.1, 0.15) is 17.9 Å². The third-order valence-electron chi connectivity index (χ3n) is 3.79. The minimum atomic E-state index is 0.631. The number of benzene rings is 2. The van der Waals surface area contributed by atoms with Crippen LogP contribution < -0.4 is 11.1 Å². The van der Waals surface area contributed by atoms with Crippen LogP contribution in [0.15, 0.2) is 54.6 Å². The van der Waals surface area contributed by atoms with Crippen LogP contribution in [0.2, 0.25) is 0 Å². The van der Waals surface area contributed by atoms with E-state index in [-0.39, 0.29) is 0 Å². The lowest BCUT2D eigenvalue weighted by molar-refractivity contribution is 0.676. The van der Waals surface area contributed by atoms with Gasteiger partial charge in [0, 0.05) is 25.0 Å².